The zero-order valence-corrected chi connectivity index (χ0v) is 15.2. The Morgan fingerprint density at radius 1 is 1.19 bits per heavy atom. The number of fused-ring (bicyclic) bond motifs is 1. The fourth-order valence-electron chi connectivity index (χ4n) is 3.62. The average Bonchev–Trinajstić information content (AvgIpc) is 2.98. The van der Waals surface area contributed by atoms with Crippen molar-refractivity contribution in [1.82, 2.24) is 24.6 Å². The van der Waals surface area contributed by atoms with Crippen LogP contribution in [-0.4, -0.2) is 36.3 Å². The molecule has 1 aliphatic rings. The number of benzene rings is 1. The van der Waals surface area contributed by atoms with Gasteiger partial charge >= 0.3 is 0 Å². The lowest BCUT2D eigenvalue weighted by Gasteiger charge is -2.27. The molecule has 0 fully saturated rings. The van der Waals surface area contributed by atoms with Crippen LogP contribution in [0.1, 0.15) is 28.1 Å². The van der Waals surface area contributed by atoms with Gasteiger partial charge in [-0.1, -0.05) is 23.8 Å². The second kappa shape index (κ2) is 6.97. The number of hydrogen-bond acceptors (Lipinski definition) is 5. The molecule has 0 bridgehead atoms. The van der Waals surface area contributed by atoms with Crippen molar-refractivity contribution in [2.75, 3.05) is 6.54 Å². The van der Waals surface area contributed by atoms with Crippen molar-refractivity contribution in [2.45, 2.75) is 33.0 Å². The summed E-state index contributed by atoms with van der Waals surface area (Å²) in [5.74, 6) is 0.758. The van der Waals surface area contributed by atoms with E-state index in [1.54, 1.807) is 0 Å². The molecule has 0 spiro atoms. The third kappa shape index (κ3) is 3.25. The summed E-state index contributed by atoms with van der Waals surface area (Å²) in [6.07, 6.45) is 4.77. The summed E-state index contributed by atoms with van der Waals surface area (Å²) >= 11 is 0. The van der Waals surface area contributed by atoms with E-state index in [4.69, 9.17) is 0 Å². The highest BCUT2D eigenvalue weighted by molar-refractivity contribution is 5.55. The quantitative estimate of drug-likeness (QED) is 0.782. The number of hydrogen-bond donors (Lipinski definition) is 1. The largest absolute Gasteiger partial charge is 0.390 e. The molecule has 0 unspecified atom stereocenters. The topological polar surface area (TPSA) is 67.1 Å². The molecule has 26 heavy (non-hydrogen) atoms. The third-order valence-electron chi connectivity index (χ3n) is 4.94. The maximum absolute atomic E-state index is 9.53. The van der Waals surface area contributed by atoms with Gasteiger partial charge in [0.1, 0.15) is 0 Å². The molecule has 0 atom stereocenters. The van der Waals surface area contributed by atoms with E-state index in [9.17, 15) is 5.11 Å². The summed E-state index contributed by atoms with van der Waals surface area (Å²) in [5, 5.41) is 13.9. The summed E-state index contributed by atoms with van der Waals surface area (Å²) < 4.78 is 1.90. The summed E-state index contributed by atoms with van der Waals surface area (Å²) in [6, 6.07) is 8.23. The van der Waals surface area contributed by atoms with Crippen molar-refractivity contribution in [3.63, 3.8) is 0 Å². The van der Waals surface area contributed by atoms with Crippen LogP contribution in [0.15, 0.2) is 36.7 Å². The van der Waals surface area contributed by atoms with Crippen molar-refractivity contribution in [1.29, 1.82) is 0 Å². The highest BCUT2D eigenvalue weighted by atomic mass is 16.3. The lowest BCUT2D eigenvalue weighted by molar-refractivity contribution is 0.236. The van der Waals surface area contributed by atoms with Crippen molar-refractivity contribution in [3.05, 3.63) is 64.7 Å². The normalized spacial score (nSPS) is 14.4. The van der Waals surface area contributed by atoms with Crippen LogP contribution in [-0.2, 0) is 33.2 Å². The molecule has 3 heterocycles. The Kier molecular flexibility index (Phi) is 4.53. The first-order valence-corrected chi connectivity index (χ1v) is 8.89. The zero-order valence-electron chi connectivity index (χ0n) is 15.2. The number of aliphatic hydroxyl groups excluding tert-OH is 1. The summed E-state index contributed by atoms with van der Waals surface area (Å²) in [4.78, 5) is 11.4. The first kappa shape index (κ1) is 16.9. The van der Waals surface area contributed by atoms with E-state index in [1.807, 2.05) is 36.3 Å². The maximum Gasteiger partial charge on any atom is 0.159 e. The van der Waals surface area contributed by atoms with Gasteiger partial charge in [-0.3, -0.25) is 9.58 Å². The lowest BCUT2D eigenvalue weighted by atomic mass is 10.0. The highest BCUT2D eigenvalue weighted by Gasteiger charge is 2.23. The first-order chi connectivity index (χ1) is 12.6. The molecule has 0 amide bonds. The van der Waals surface area contributed by atoms with E-state index in [0.717, 1.165) is 48.7 Å². The third-order valence-corrected chi connectivity index (χ3v) is 4.94. The van der Waals surface area contributed by atoms with E-state index >= 15 is 0 Å². The van der Waals surface area contributed by atoms with E-state index in [1.165, 1.54) is 16.8 Å². The standard InChI is InChI=1S/C20H23N5O/c1-14-4-3-5-16(8-14)20-21-9-15(10-22-20)11-25-7-6-19-17(12-25)18(13-26)23-24(19)2/h3-5,8-10,26H,6-7,11-13H2,1-2H3. The molecule has 1 N–H and O–H groups in total. The van der Waals surface area contributed by atoms with Crippen LogP contribution >= 0.6 is 0 Å². The van der Waals surface area contributed by atoms with Crippen LogP contribution in [0.2, 0.25) is 0 Å². The fraction of sp³-hybridized carbons (Fsp3) is 0.350. The van der Waals surface area contributed by atoms with Gasteiger partial charge in [-0.25, -0.2) is 9.97 Å². The molecular weight excluding hydrogens is 326 g/mol. The van der Waals surface area contributed by atoms with E-state index in [0.29, 0.717) is 0 Å². The SMILES string of the molecule is Cc1cccc(-c2ncc(CN3CCc4c(c(CO)nn4C)C3)cn2)c1. The fourth-order valence-corrected chi connectivity index (χ4v) is 3.62. The number of aliphatic hydroxyl groups is 1. The van der Waals surface area contributed by atoms with Gasteiger partial charge in [0, 0.05) is 67.9 Å². The van der Waals surface area contributed by atoms with Gasteiger partial charge in [-0.2, -0.15) is 5.10 Å². The highest BCUT2D eigenvalue weighted by Crippen LogP contribution is 2.23. The monoisotopic (exact) mass is 349 g/mol. The zero-order chi connectivity index (χ0) is 18.1. The van der Waals surface area contributed by atoms with Gasteiger partial charge in [0.2, 0.25) is 0 Å². The van der Waals surface area contributed by atoms with Gasteiger partial charge in [0.05, 0.1) is 12.3 Å². The van der Waals surface area contributed by atoms with E-state index in [2.05, 4.69) is 39.0 Å². The molecule has 3 aromatic rings. The molecule has 1 aromatic carbocycles. The Balaban J connectivity index is 1.48. The number of aryl methyl sites for hydroxylation is 2. The van der Waals surface area contributed by atoms with Crippen molar-refractivity contribution < 1.29 is 5.11 Å². The molecule has 6 nitrogen and oxygen atoms in total. The average molecular weight is 349 g/mol. The summed E-state index contributed by atoms with van der Waals surface area (Å²) in [7, 11) is 1.95. The van der Waals surface area contributed by atoms with Crippen LogP contribution in [0.4, 0.5) is 0 Å². The van der Waals surface area contributed by atoms with Crippen LogP contribution in [0.3, 0.4) is 0 Å². The molecule has 0 saturated carbocycles. The number of nitrogens with zero attached hydrogens (tertiary/aromatic N) is 5. The molecular formula is C20H23N5O. The predicted octanol–water partition coefficient (Wildman–Crippen LogP) is 2.24. The van der Waals surface area contributed by atoms with Crippen LogP contribution in [0.25, 0.3) is 11.4 Å². The van der Waals surface area contributed by atoms with Gasteiger partial charge < -0.3 is 5.11 Å². The molecule has 4 rings (SSSR count). The lowest BCUT2D eigenvalue weighted by Crippen LogP contribution is -2.31. The maximum atomic E-state index is 9.53. The Bertz CT molecular complexity index is 916. The second-order valence-electron chi connectivity index (χ2n) is 6.90. The number of aromatic nitrogens is 4. The van der Waals surface area contributed by atoms with E-state index in [-0.39, 0.29) is 6.61 Å². The van der Waals surface area contributed by atoms with Crippen molar-refractivity contribution in [3.8, 4) is 11.4 Å². The Morgan fingerprint density at radius 3 is 2.73 bits per heavy atom. The molecule has 0 saturated heterocycles. The van der Waals surface area contributed by atoms with Crippen molar-refractivity contribution in [2.24, 2.45) is 7.05 Å². The second-order valence-corrected chi connectivity index (χ2v) is 6.90. The van der Waals surface area contributed by atoms with Crippen LogP contribution in [0.5, 0.6) is 0 Å². The van der Waals surface area contributed by atoms with Gasteiger partial charge in [-0.05, 0) is 13.0 Å². The molecule has 0 radical (unpaired) electrons. The van der Waals surface area contributed by atoms with Gasteiger partial charge in [0.25, 0.3) is 0 Å². The molecule has 2 aromatic heterocycles. The molecule has 0 aliphatic carbocycles. The minimum atomic E-state index is -0.00862. The van der Waals surface area contributed by atoms with Gasteiger partial charge in [0.15, 0.2) is 5.82 Å². The summed E-state index contributed by atoms with van der Waals surface area (Å²) in [5.41, 5.74) is 6.53. The Labute approximate surface area is 153 Å². The summed E-state index contributed by atoms with van der Waals surface area (Å²) in [6.45, 7) is 4.63. The van der Waals surface area contributed by atoms with Gasteiger partial charge in [-0.15, -0.1) is 0 Å². The Hall–Kier alpha value is -2.57. The molecule has 1 aliphatic heterocycles. The van der Waals surface area contributed by atoms with Crippen LogP contribution < -0.4 is 0 Å². The first-order valence-electron chi connectivity index (χ1n) is 8.89. The molecule has 134 valence electrons. The predicted molar refractivity (Wildman–Crippen MR) is 99.2 cm³/mol. The van der Waals surface area contributed by atoms with E-state index < -0.39 is 0 Å². The minimum absolute atomic E-state index is 0.00862. The smallest absolute Gasteiger partial charge is 0.159 e. The van der Waals surface area contributed by atoms with Crippen molar-refractivity contribution >= 4 is 0 Å². The Morgan fingerprint density at radius 2 is 2.00 bits per heavy atom. The number of rotatable bonds is 4. The molecule has 6 heteroatoms. The minimum Gasteiger partial charge on any atom is -0.390 e. The van der Waals surface area contributed by atoms with Crippen LogP contribution in [0, 0.1) is 6.92 Å².